The standard InChI is InChI=1S/C28H33F3/c1-3-4-5-6-19-8-10-21-16-22(12-11-20(21)15-19)24-13-14-25(28(31)27(24)30)23-9-7-18(2)26(29)17-23/h3-4,7,9,13-14,17,19-22H,5-6,8,10-12,15-16H2,1-2H3/b4-3+. The van der Waals surface area contributed by atoms with Gasteiger partial charge < -0.3 is 0 Å². The number of allylic oxidation sites excluding steroid dienone is 2. The second-order valence-corrected chi connectivity index (χ2v) is 9.65. The van der Waals surface area contributed by atoms with E-state index >= 15 is 4.39 Å². The number of fused-ring (bicyclic) bond motifs is 1. The molecule has 4 unspecified atom stereocenters. The lowest BCUT2D eigenvalue weighted by Gasteiger charge is -2.42. The van der Waals surface area contributed by atoms with Gasteiger partial charge >= 0.3 is 0 Å². The van der Waals surface area contributed by atoms with E-state index in [2.05, 4.69) is 19.1 Å². The molecule has 2 aromatic carbocycles. The van der Waals surface area contributed by atoms with Crippen molar-refractivity contribution in [3.8, 4) is 11.1 Å². The van der Waals surface area contributed by atoms with Gasteiger partial charge in [-0.05, 0) is 105 Å². The van der Waals surface area contributed by atoms with Gasteiger partial charge in [0.15, 0.2) is 11.6 Å². The number of benzene rings is 2. The average Bonchev–Trinajstić information content (AvgIpc) is 2.77. The largest absolute Gasteiger partial charge is 0.207 e. The predicted octanol–water partition coefficient (Wildman–Crippen LogP) is 8.74. The van der Waals surface area contributed by atoms with Crippen molar-refractivity contribution in [2.24, 2.45) is 17.8 Å². The molecule has 166 valence electrons. The Hall–Kier alpha value is -2.03. The zero-order chi connectivity index (χ0) is 22.0. The molecule has 0 aliphatic heterocycles. The van der Waals surface area contributed by atoms with Crippen molar-refractivity contribution in [1.82, 2.24) is 0 Å². The van der Waals surface area contributed by atoms with E-state index in [4.69, 9.17) is 0 Å². The van der Waals surface area contributed by atoms with Crippen molar-refractivity contribution < 1.29 is 13.2 Å². The third-order valence-electron chi connectivity index (χ3n) is 7.73. The van der Waals surface area contributed by atoms with Crippen LogP contribution in [0, 0.1) is 42.1 Å². The van der Waals surface area contributed by atoms with Crippen LogP contribution < -0.4 is 0 Å². The van der Waals surface area contributed by atoms with Crippen molar-refractivity contribution in [3.63, 3.8) is 0 Å². The number of hydrogen-bond acceptors (Lipinski definition) is 0. The first-order valence-corrected chi connectivity index (χ1v) is 11.8. The summed E-state index contributed by atoms with van der Waals surface area (Å²) in [5.74, 6) is 0.267. The molecule has 2 aromatic rings. The lowest BCUT2D eigenvalue weighted by molar-refractivity contribution is 0.114. The maximum absolute atomic E-state index is 15.1. The molecule has 0 saturated heterocycles. The van der Waals surface area contributed by atoms with E-state index in [0.717, 1.165) is 31.1 Å². The van der Waals surface area contributed by atoms with E-state index in [-0.39, 0.29) is 11.5 Å². The fraction of sp³-hybridized carbons (Fsp3) is 0.500. The van der Waals surface area contributed by atoms with Crippen LogP contribution in [-0.2, 0) is 0 Å². The Morgan fingerprint density at radius 2 is 1.68 bits per heavy atom. The average molecular weight is 427 g/mol. The Balaban J connectivity index is 1.46. The minimum absolute atomic E-state index is 0.0825. The molecule has 4 atom stereocenters. The van der Waals surface area contributed by atoms with Gasteiger partial charge in [-0.25, -0.2) is 13.2 Å². The highest BCUT2D eigenvalue weighted by atomic mass is 19.2. The van der Waals surface area contributed by atoms with Gasteiger partial charge in [0, 0.05) is 5.56 Å². The zero-order valence-electron chi connectivity index (χ0n) is 18.6. The van der Waals surface area contributed by atoms with Crippen LogP contribution in [0.15, 0.2) is 42.5 Å². The maximum Gasteiger partial charge on any atom is 0.166 e. The molecule has 0 amide bonds. The van der Waals surface area contributed by atoms with Crippen molar-refractivity contribution >= 4 is 0 Å². The van der Waals surface area contributed by atoms with Gasteiger partial charge in [-0.3, -0.25) is 0 Å². The summed E-state index contributed by atoms with van der Waals surface area (Å²) in [6.07, 6.45) is 13.6. The van der Waals surface area contributed by atoms with E-state index in [0.29, 0.717) is 22.6 Å². The van der Waals surface area contributed by atoms with Crippen molar-refractivity contribution in [1.29, 1.82) is 0 Å². The van der Waals surface area contributed by atoms with Crippen LogP contribution in [0.1, 0.15) is 75.3 Å². The SMILES string of the molecule is C/C=C/CCC1CCC2CC(c3ccc(-c4ccc(C)c(F)c4)c(F)c3F)CCC2C1. The van der Waals surface area contributed by atoms with E-state index in [1.54, 1.807) is 31.2 Å². The van der Waals surface area contributed by atoms with Gasteiger partial charge in [-0.1, -0.05) is 42.8 Å². The van der Waals surface area contributed by atoms with Gasteiger partial charge in [0.05, 0.1) is 0 Å². The lowest BCUT2D eigenvalue weighted by atomic mass is 9.63. The highest BCUT2D eigenvalue weighted by Gasteiger charge is 2.36. The second kappa shape index (κ2) is 9.63. The molecule has 2 aliphatic rings. The Labute approximate surface area is 184 Å². The summed E-state index contributed by atoms with van der Waals surface area (Å²) in [4.78, 5) is 0. The maximum atomic E-state index is 15.1. The summed E-state index contributed by atoms with van der Waals surface area (Å²) in [6.45, 7) is 3.73. The Kier molecular flexibility index (Phi) is 6.89. The molecule has 0 N–H and O–H groups in total. The molecule has 0 spiro atoms. The van der Waals surface area contributed by atoms with Gasteiger partial charge in [-0.2, -0.15) is 0 Å². The van der Waals surface area contributed by atoms with Crippen LogP contribution in [0.25, 0.3) is 11.1 Å². The smallest absolute Gasteiger partial charge is 0.166 e. The van der Waals surface area contributed by atoms with Gasteiger partial charge in [0.25, 0.3) is 0 Å². The monoisotopic (exact) mass is 426 g/mol. The molecule has 0 nitrogen and oxygen atoms in total. The van der Waals surface area contributed by atoms with Crippen LogP contribution in [0.3, 0.4) is 0 Å². The fourth-order valence-corrected chi connectivity index (χ4v) is 5.89. The quantitative estimate of drug-likeness (QED) is 0.419. The summed E-state index contributed by atoms with van der Waals surface area (Å²) in [5.41, 5.74) is 1.51. The van der Waals surface area contributed by atoms with Crippen LogP contribution in [0.2, 0.25) is 0 Å². The summed E-state index contributed by atoms with van der Waals surface area (Å²) >= 11 is 0. The van der Waals surface area contributed by atoms with Crippen LogP contribution in [0.5, 0.6) is 0 Å². The topological polar surface area (TPSA) is 0 Å². The van der Waals surface area contributed by atoms with Crippen LogP contribution in [-0.4, -0.2) is 0 Å². The molecule has 2 fully saturated rings. The molecule has 31 heavy (non-hydrogen) atoms. The first-order chi connectivity index (χ1) is 15.0. The van der Waals surface area contributed by atoms with Gasteiger partial charge in [0.2, 0.25) is 0 Å². The highest BCUT2D eigenvalue weighted by Crippen LogP contribution is 2.49. The summed E-state index contributed by atoms with van der Waals surface area (Å²) in [7, 11) is 0. The minimum atomic E-state index is -0.851. The molecule has 2 saturated carbocycles. The normalized spacial score (nSPS) is 26.2. The fourth-order valence-electron chi connectivity index (χ4n) is 5.89. The summed E-state index contributed by atoms with van der Waals surface area (Å²) in [5, 5.41) is 0. The molecule has 4 rings (SSSR count). The Bertz CT molecular complexity index is 946. The van der Waals surface area contributed by atoms with E-state index in [1.165, 1.54) is 38.2 Å². The molecule has 0 aromatic heterocycles. The molecule has 3 heteroatoms. The number of hydrogen-bond donors (Lipinski definition) is 0. The third kappa shape index (κ3) is 4.76. The van der Waals surface area contributed by atoms with Crippen molar-refractivity contribution in [2.75, 3.05) is 0 Å². The summed E-state index contributed by atoms with van der Waals surface area (Å²) in [6, 6.07) is 7.90. The molecular weight excluding hydrogens is 393 g/mol. The van der Waals surface area contributed by atoms with Gasteiger partial charge in [-0.15, -0.1) is 0 Å². The number of aryl methyl sites for hydroxylation is 1. The van der Waals surface area contributed by atoms with Crippen LogP contribution >= 0.6 is 0 Å². The first kappa shape index (κ1) is 22.2. The van der Waals surface area contributed by atoms with Crippen molar-refractivity contribution in [3.05, 3.63) is 71.1 Å². The molecular formula is C28H33F3. The van der Waals surface area contributed by atoms with Crippen LogP contribution in [0.4, 0.5) is 13.2 Å². The van der Waals surface area contributed by atoms with Crippen molar-refractivity contribution in [2.45, 2.75) is 71.1 Å². The molecule has 2 aliphatic carbocycles. The zero-order valence-corrected chi connectivity index (χ0v) is 18.6. The third-order valence-corrected chi connectivity index (χ3v) is 7.73. The minimum Gasteiger partial charge on any atom is -0.207 e. The second-order valence-electron chi connectivity index (χ2n) is 9.65. The van der Waals surface area contributed by atoms with E-state index < -0.39 is 17.5 Å². The lowest BCUT2D eigenvalue weighted by Crippen LogP contribution is -2.30. The predicted molar refractivity (Wildman–Crippen MR) is 121 cm³/mol. The molecule has 0 heterocycles. The molecule has 0 radical (unpaired) electrons. The number of rotatable bonds is 5. The Morgan fingerprint density at radius 3 is 2.45 bits per heavy atom. The highest BCUT2D eigenvalue weighted by molar-refractivity contribution is 5.65. The van der Waals surface area contributed by atoms with Gasteiger partial charge in [0.1, 0.15) is 5.82 Å². The Morgan fingerprint density at radius 1 is 0.903 bits per heavy atom. The van der Waals surface area contributed by atoms with E-state index in [1.807, 2.05) is 0 Å². The first-order valence-electron chi connectivity index (χ1n) is 11.8. The molecule has 0 bridgehead atoms. The summed E-state index contributed by atoms with van der Waals surface area (Å²) < 4.78 is 44.0. The number of halogens is 3. The van der Waals surface area contributed by atoms with E-state index in [9.17, 15) is 8.78 Å².